The van der Waals surface area contributed by atoms with Gasteiger partial charge in [-0.3, -0.25) is 0 Å². The number of hydrogen-bond donors (Lipinski definition) is 2. The first-order valence-corrected chi connectivity index (χ1v) is 9.96. The van der Waals surface area contributed by atoms with E-state index in [9.17, 15) is 8.42 Å². The van der Waals surface area contributed by atoms with Crippen LogP contribution in [0, 0.1) is 0 Å². The van der Waals surface area contributed by atoms with Gasteiger partial charge in [0.05, 0.1) is 5.25 Å². The maximum Gasteiger partial charge on any atom is 0.151 e. The molecule has 0 saturated heterocycles. The predicted molar refractivity (Wildman–Crippen MR) is 91.3 cm³/mol. The van der Waals surface area contributed by atoms with Gasteiger partial charge in [-0.25, -0.2) is 8.42 Å². The zero-order chi connectivity index (χ0) is 15.7. The summed E-state index contributed by atoms with van der Waals surface area (Å²) in [5, 5.41) is 5.11. The molecule has 0 spiro atoms. The third-order valence-electron chi connectivity index (χ3n) is 4.53. The quantitative estimate of drug-likeness (QED) is 0.879. The molecule has 120 valence electrons. The van der Waals surface area contributed by atoms with E-state index >= 15 is 0 Å². The summed E-state index contributed by atoms with van der Waals surface area (Å²) in [4.78, 5) is 3.23. The average molecular weight is 341 g/mol. The maximum atomic E-state index is 11.8. The van der Waals surface area contributed by atoms with Gasteiger partial charge in [-0.15, -0.1) is 0 Å². The van der Waals surface area contributed by atoms with Gasteiger partial charge in [0.2, 0.25) is 0 Å². The first kappa shape index (κ1) is 15.8. The molecule has 0 bridgehead atoms. The van der Waals surface area contributed by atoms with E-state index in [4.69, 9.17) is 11.6 Å². The molecule has 4 nitrogen and oxygen atoms in total. The second-order valence-electron chi connectivity index (χ2n) is 6.11. The van der Waals surface area contributed by atoms with Gasteiger partial charge in [0.1, 0.15) is 0 Å². The molecule has 2 atom stereocenters. The first-order valence-electron chi connectivity index (χ1n) is 7.63. The highest BCUT2D eigenvalue weighted by atomic mass is 35.5. The molecule has 1 heterocycles. The van der Waals surface area contributed by atoms with Gasteiger partial charge in [0.25, 0.3) is 0 Å². The largest absolute Gasteiger partial charge is 0.361 e. The number of aromatic amines is 1. The van der Waals surface area contributed by atoms with Crippen molar-refractivity contribution in [2.45, 2.75) is 37.0 Å². The van der Waals surface area contributed by atoms with E-state index in [1.54, 1.807) is 0 Å². The topological polar surface area (TPSA) is 62.0 Å². The number of H-pyrrole nitrogens is 1. The Labute approximate surface area is 136 Å². The van der Waals surface area contributed by atoms with Crippen LogP contribution in [0.3, 0.4) is 0 Å². The molecule has 1 aromatic heterocycles. The Balaban J connectivity index is 1.63. The molecule has 1 aliphatic rings. The number of aromatic nitrogens is 1. The number of fused-ring (bicyclic) bond motifs is 1. The van der Waals surface area contributed by atoms with Crippen LogP contribution in [-0.4, -0.2) is 37.5 Å². The van der Waals surface area contributed by atoms with Crippen molar-refractivity contribution < 1.29 is 8.42 Å². The number of nitrogens with one attached hydrogen (secondary N) is 2. The molecule has 22 heavy (non-hydrogen) atoms. The lowest BCUT2D eigenvalue weighted by atomic mass is 10.1. The Bertz CT molecular complexity index is 770. The highest BCUT2D eigenvalue weighted by molar-refractivity contribution is 7.91. The lowest BCUT2D eigenvalue weighted by molar-refractivity contribution is 0.510. The maximum absolute atomic E-state index is 11.8. The summed E-state index contributed by atoms with van der Waals surface area (Å²) in [7, 11) is -2.96. The molecule has 2 aromatic rings. The van der Waals surface area contributed by atoms with Crippen molar-refractivity contribution in [1.29, 1.82) is 0 Å². The molecule has 0 aliphatic heterocycles. The molecule has 1 saturated carbocycles. The molecule has 0 unspecified atom stereocenters. The molecule has 1 aliphatic carbocycles. The number of rotatable bonds is 5. The zero-order valence-electron chi connectivity index (χ0n) is 12.6. The van der Waals surface area contributed by atoms with E-state index < -0.39 is 9.84 Å². The fourth-order valence-electron chi connectivity index (χ4n) is 3.43. The van der Waals surface area contributed by atoms with Crippen molar-refractivity contribution in [3.63, 3.8) is 0 Å². The third kappa shape index (κ3) is 3.31. The van der Waals surface area contributed by atoms with Crippen LogP contribution >= 0.6 is 11.6 Å². The molecule has 1 aromatic carbocycles. The fourth-order valence-corrected chi connectivity index (χ4v) is 5.03. The third-order valence-corrected chi connectivity index (χ3v) is 6.43. The smallest absolute Gasteiger partial charge is 0.151 e. The fraction of sp³-hybridized carbons (Fsp3) is 0.500. The van der Waals surface area contributed by atoms with E-state index in [-0.39, 0.29) is 11.3 Å². The van der Waals surface area contributed by atoms with Crippen molar-refractivity contribution in [3.05, 3.63) is 35.0 Å². The summed E-state index contributed by atoms with van der Waals surface area (Å²) in [6.07, 6.45) is 6.94. The van der Waals surface area contributed by atoms with E-state index in [0.29, 0.717) is 0 Å². The standard InChI is InChI=1S/C16H21ClN2O2S/c1-22(20,21)16-4-2-3-14(16)18-8-7-11-10-19-15-9-12(17)5-6-13(11)15/h5-6,9-10,14,16,18-19H,2-4,7-8H2,1H3/t14-,16+/m1/s1. The van der Waals surface area contributed by atoms with Gasteiger partial charge in [-0.05, 0) is 43.5 Å². The molecule has 3 rings (SSSR count). The first-order chi connectivity index (χ1) is 10.4. The monoisotopic (exact) mass is 340 g/mol. The van der Waals surface area contributed by atoms with Crippen LogP contribution in [0.25, 0.3) is 10.9 Å². The second kappa shape index (κ2) is 6.22. The van der Waals surface area contributed by atoms with E-state index in [2.05, 4.69) is 10.3 Å². The Morgan fingerprint density at radius 2 is 2.18 bits per heavy atom. The van der Waals surface area contributed by atoms with Crippen molar-refractivity contribution in [1.82, 2.24) is 10.3 Å². The average Bonchev–Trinajstić information content (AvgIpc) is 3.05. The molecule has 2 N–H and O–H groups in total. The van der Waals surface area contributed by atoms with Gasteiger partial charge in [0, 0.05) is 34.4 Å². The van der Waals surface area contributed by atoms with E-state index in [0.717, 1.165) is 42.8 Å². The van der Waals surface area contributed by atoms with Crippen molar-refractivity contribution >= 4 is 32.3 Å². The summed E-state index contributed by atoms with van der Waals surface area (Å²) < 4.78 is 23.6. The molecule has 0 radical (unpaired) electrons. The SMILES string of the molecule is CS(=O)(=O)[C@H]1CCC[C@H]1NCCc1c[nH]c2cc(Cl)ccc12. The van der Waals surface area contributed by atoms with Gasteiger partial charge in [-0.1, -0.05) is 24.1 Å². The van der Waals surface area contributed by atoms with Crippen LogP contribution in [0.15, 0.2) is 24.4 Å². The lowest BCUT2D eigenvalue weighted by Crippen LogP contribution is -2.40. The molecule has 1 fully saturated rings. The molecule has 6 heteroatoms. The van der Waals surface area contributed by atoms with E-state index in [1.165, 1.54) is 17.2 Å². The zero-order valence-corrected chi connectivity index (χ0v) is 14.2. The Morgan fingerprint density at radius 1 is 1.36 bits per heavy atom. The summed E-state index contributed by atoms with van der Waals surface area (Å²) in [6, 6.07) is 5.93. The van der Waals surface area contributed by atoms with Crippen LogP contribution in [-0.2, 0) is 16.3 Å². The molecular weight excluding hydrogens is 320 g/mol. The van der Waals surface area contributed by atoms with Gasteiger partial charge in [0.15, 0.2) is 9.84 Å². The van der Waals surface area contributed by atoms with Crippen LogP contribution in [0.2, 0.25) is 5.02 Å². The van der Waals surface area contributed by atoms with Gasteiger partial charge >= 0.3 is 0 Å². The number of hydrogen-bond acceptors (Lipinski definition) is 3. The highest BCUT2D eigenvalue weighted by Gasteiger charge is 2.34. The van der Waals surface area contributed by atoms with Crippen LogP contribution in [0.5, 0.6) is 0 Å². The van der Waals surface area contributed by atoms with Crippen molar-refractivity contribution in [3.8, 4) is 0 Å². The molecular formula is C16H21ClN2O2S. The second-order valence-corrected chi connectivity index (χ2v) is 8.81. The van der Waals surface area contributed by atoms with Crippen molar-refractivity contribution in [2.75, 3.05) is 12.8 Å². The predicted octanol–water partition coefficient (Wildman–Crippen LogP) is 2.92. The Morgan fingerprint density at radius 3 is 2.95 bits per heavy atom. The molecule has 0 amide bonds. The minimum Gasteiger partial charge on any atom is -0.361 e. The van der Waals surface area contributed by atoms with Crippen LogP contribution in [0.4, 0.5) is 0 Å². The summed E-state index contributed by atoms with van der Waals surface area (Å²) in [5.41, 5.74) is 2.27. The van der Waals surface area contributed by atoms with Crippen molar-refractivity contribution in [2.24, 2.45) is 0 Å². The highest BCUT2D eigenvalue weighted by Crippen LogP contribution is 2.25. The Kier molecular flexibility index (Phi) is 4.48. The number of halogens is 1. The number of sulfone groups is 1. The van der Waals surface area contributed by atoms with Gasteiger partial charge in [-0.2, -0.15) is 0 Å². The van der Waals surface area contributed by atoms with E-state index in [1.807, 2.05) is 24.4 Å². The Hall–Kier alpha value is -1.04. The lowest BCUT2D eigenvalue weighted by Gasteiger charge is -2.19. The van der Waals surface area contributed by atoms with Gasteiger partial charge < -0.3 is 10.3 Å². The summed E-state index contributed by atoms with van der Waals surface area (Å²) in [6.45, 7) is 0.784. The normalized spacial score (nSPS) is 22.5. The minimum atomic E-state index is -2.96. The van der Waals surface area contributed by atoms with Crippen LogP contribution in [0.1, 0.15) is 24.8 Å². The number of benzene rings is 1. The summed E-state index contributed by atoms with van der Waals surface area (Å²) >= 11 is 5.99. The summed E-state index contributed by atoms with van der Waals surface area (Å²) in [5.74, 6) is 0. The minimum absolute atomic E-state index is 0.0923. The van der Waals surface area contributed by atoms with Crippen LogP contribution < -0.4 is 5.32 Å².